The van der Waals surface area contributed by atoms with Crippen molar-refractivity contribution in [3.05, 3.63) is 82.8 Å². The third-order valence-electron chi connectivity index (χ3n) is 5.79. The van der Waals surface area contributed by atoms with E-state index >= 15 is 0 Å². The average Bonchev–Trinajstić information content (AvgIpc) is 3.45. The molecule has 36 heavy (non-hydrogen) atoms. The molecule has 3 aromatic carbocycles. The molecule has 1 aliphatic rings. The molecule has 0 unspecified atom stereocenters. The first-order valence-electron chi connectivity index (χ1n) is 11.0. The van der Waals surface area contributed by atoms with Crippen molar-refractivity contribution in [1.82, 2.24) is 0 Å². The topological polar surface area (TPSA) is 93.4 Å². The molecule has 0 radical (unpaired) electrons. The van der Waals surface area contributed by atoms with E-state index in [2.05, 4.69) is 0 Å². The average molecular weight is 486 g/mol. The van der Waals surface area contributed by atoms with Gasteiger partial charge in [0.2, 0.25) is 11.5 Å². The van der Waals surface area contributed by atoms with E-state index in [1.807, 2.05) is 6.07 Å². The molecule has 2 heterocycles. The Hall–Kier alpha value is -4.72. The molecule has 0 N–H and O–H groups in total. The second-order valence-electron chi connectivity index (χ2n) is 8.05. The highest BCUT2D eigenvalue weighted by atomic mass is 16.6. The molecule has 1 aromatic heterocycles. The largest absolute Gasteiger partial charge is 0.493 e. The number of rotatable bonds is 6. The van der Waals surface area contributed by atoms with Crippen LogP contribution in [-0.4, -0.2) is 33.1 Å². The van der Waals surface area contributed by atoms with Crippen molar-refractivity contribution in [2.75, 3.05) is 21.3 Å². The Bertz CT molecular complexity index is 1540. The molecule has 0 fully saturated rings. The van der Waals surface area contributed by atoms with Gasteiger partial charge in [0.05, 0.1) is 26.9 Å². The van der Waals surface area contributed by atoms with Crippen molar-refractivity contribution >= 4 is 28.8 Å². The highest BCUT2D eigenvalue weighted by Crippen LogP contribution is 2.38. The summed E-state index contributed by atoms with van der Waals surface area (Å²) >= 11 is 0. The van der Waals surface area contributed by atoms with Gasteiger partial charge >= 0.3 is 5.97 Å². The van der Waals surface area contributed by atoms with E-state index in [-0.39, 0.29) is 23.1 Å². The summed E-state index contributed by atoms with van der Waals surface area (Å²) in [7, 11) is 4.61. The van der Waals surface area contributed by atoms with E-state index in [0.717, 1.165) is 0 Å². The fourth-order valence-electron chi connectivity index (χ4n) is 4.09. The number of allylic oxidation sites excluding steroid dienone is 1. The lowest BCUT2D eigenvalue weighted by Crippen LogP contribution is -2.07. The first kappa shape index (κ1) is 23.0. The number of para-hydroxylation sites is 1. The van der Waals surface area contributed by atoms with E-state index in [1.165, 1.54) is 20.3 Å². The molecule has 0 spiro atoms. The van der Waals surface area contributed by atoms with Gasteiger partial charge < -0.3 is 28.1 Å². The molecule has 8 nitrogen and oxygen atoms in total. The van der Waals surface area contributed by atoms with Gasteiger partial charge in [0.1, 0.15) is 11.5 Å². The Balaban J connectivity index is 1.40. The fraction of sp³-hybridized carbons (Fsp3) is 0.143. The quantitative estimate of drug-likeness (QED) is 0.197. The number of hydrogen-bond acceptors (Lipinski definition) is 8. The molecule has 0 aliphatic carbocycles. The monoisotopic (exact) mass is 486 g/mol. The van der Waals surface area contributed by atoms with Gasteiger partial charge in [-0.1, -0.05) is 18.2 Å². The maximum Gasteiger partial charge on any atom is 0.379 e. The number of furan rings is 1. The summed E-state index contributed by atoms with van der Waals surface area (Å²) < 4.78 is 32.9. The molecule has 8 heteroatoms. The van der Waals surface area contributed by atoms with Crippen LogP contribution in [0.3, 0.4) is 0 Å². The summed E-state index contributed by atoms with van der Waals surface area (Å²) in [6, 6.07) is 15.3. The number of aryl methyl sites for hydroxylation is 1. The maximum atomic E-state index is 13.0. The van der Waals surface area contributed by atoms with Gasteiger partial charge in [0.25, 0.3) is 0 Å². The number of carbonyl (C=O) groups excluding carboxylic acids is 2. The van der Waals surface area contributed by atoms with Crippen LogP contribution < -0.4 is 23.7 Å². The van der Waals surface area contributed by atoms with Crippen molar-refractivity contribution in [2.45, 2.75) is 6.92 Å². The lowest BCUT2D eigenvalue weighted by molar-refractivity contribution is 0.0703. The molecule has 4 aromatic rings. The van der Waals surface area contributed by atoms with Crippen molar-refractivity contribution < 1.29 is 37.7 Å². The van der Waals surface area contributed by atoms with Crippen LogP contribution in [0.2, 0.25) is 0 Å². The molecule has 5 rings (SSSR count). The summed E-state index contributed by atoms with van der Waals surface area (Å²) in [6.07, 6.45) is 1.62. The lowest BCUT2D eigenvalue weighted by atomic mass is 10.0. The predicted molar refractivity (Wildman–Crippen MR) is 131 cm³/mol. The molecule has 0 bridgehead atoms. The standard InChI is InChI=1S/C28H22O8/c1-15-10-18(34-28(30)24-13-17-6-5-7-20(32-3)27(17)36-24)14-22-25(15)26(29)23(35-22)12-16-8-9-19(31-2)21(11-16)33-4/h5-14H,1-4H3/b23-12-. The van der Waals surface area contributed by atoms with Crippen LogP contribution in [0.1, 0.15) is 32.0 Å². The zero-order chi connectivity index (χ0) is 25.4. The van der Waals surface area contributed by atoms with Crippen LogP contribution in [0.25, 0.3) is 17.0 Å². The molecule has 1 aliphatic heterocycles. The molecule has 0 atom stereocenters. The van der Waals surface area contributed by atoms with Crippen LogP contribution in [0, 0.1) is 6.92 Å². The number of ether oxygens (including phenoxy) is 5. The third kappa shape index (κ3) is 4.02. The first-order valence-corrected chi connectivity index (χ1v) is 11.0. The van der Waals surface area contributed by atoms with E-state index < -0.39 is 5.97 Å². The number of esters is 1. The Morgan fingerprint density at radius 3 is 2.42 bits per heavy atom. The molecule has 0 saturated carbocycles. The van der Waals surface area contributed by atoms with Gasteiger partial charge in [-0.3, -0.25) is 4.79 Å². The van der Waals surface area contributed by atoms with E-state index in [4.69, 9.17) is 28.1 Å². The predicted octanol–water partition coefficient (Wildman–Crippen LogP) is 5.60. The number of ketones is 1. The minimum absolute atomic E-state index is 0.0266. The normalized spacial score (nSPS) is 13.4. The number of benzene rings is 3. The van der Waals surface area contributed by atoms with Gasteiger partial charge in [-0.15, -0.1) is 0 Å². The van der Waals surface area contributed by atoms with E-state index in [1.54, 1.807) is 62.6 Å². The second kappa shape index (κ2) is 9.14. The number of fused-ring (bicyclic) bond motifs is 2. The highest BCUT2D eigenvalue weighted by Gasteiger charge is 2.30. The molecular formula is C28H22O8. The van der Waals surface area contributed by atoms with E-state index in [9.17, 15) is 9.59 Å². The van der Waals surface area contributed by atoms with Gasteiger partial charge in [0.15, 0.2) is 28.6 Å². The summed E-state index contributed by atoms with van der Waals surface area (Å²) in [5, 5.41) is 0.713. The Morgan fingerprint density at radius 2 is 1.67 bits per heavy atom. The number of carbonyl (C=O) groups is 2. The van der Waals surface area contributed by atoms with Gasteiger partial charge in [-0.2, -0.15) is 0 Å². The maximum absolute atomic E-state index is 13.0. The van der Waals surface area contributed by atoms with Crippen LogP contribution in [0.4, 0.5) is 0 Å². The van der Waals surface area contributed by atoms with Crippen molar-refractivity contribution in [2.24, 2.45) is 0 Å². The Kier molecular flexibility index (Phi) is 5.85. The summed E-state index contributed by atoms with van der Waals surface area (Å²) in [5.74, 6) is 1.38. The summed E-state index contributed by atoms with van der Waals surface area (Å²) in [5.41, 5.74) is 2.18. The van der Waals surface area contributed by atoms with Crippen molar-refractivity contribution in [1.29, 1.82) is 0 Å². The third-order valence-corrected chi connectivity index (χ3v) is 5.79. The summed E-state index contributed by atoms with van der Waals surface area (Å²) in [6.45, 7) is 1.75. The zero-order valence-electron chi connectivity index (χ0n) is 20.0. The lowest BCUT2D eigenvalue weighted by Gasteiger charge is -2.08. The smallest absolute Gasteiger partial charge is 0.379 e. The number of methoxy groups -OCH3 is 3. The van der Waals surface area contributed by atoms with Gasteiger partial charge in [-0.05, 0) is 54.5 Å². The van der Waals surface area contributed by atoms with Crippen LogP contribution in [-0.2, 0) is 0 Å². The fourth-order valence-corrected chi connectivity index (χ4v) is 4.09. The molecular weight excluding hydrogens is 464 g/mol. The first-order chi connectivity index (χ1) is 17.4. The van der Waals surface area contributed by atoms with Crippen LogP contribution in [0.5, 0.6) is 28.7 Å². The summed E-state index contributed by atoms with van der Waals surface area (Å²) in [4.78, 5) is 25.8. The molecule has 182 valence electrons. The minimum Gasteiger partial charge on any atom is -0.493 e. The van der Waals surface area contributed by atoms with Crippen molar-refractivity contribution in [3.8, 4) is 28.7 Å². The minimum atomic E-state index is -0.682. The molecule has 0 amide bonds. The van der Waals surface area contributed by atoms with Gasteiger partial charge in [0, 0.05) is 11.5 Å². The van der Waals surface area contributed by atoms with Crippen molar-refractivity contribution in [3.63, 3.8) is 0 Å². The number of Topliss-reactive ketones (excluding diaryl/α,β-unsaturated/α-hetero) is 1. The number of hydrogen-bond donors (Lipinski definition) is 0. The van der Waals surface area contributed by atoms with Gasteiger partial charge in [-0.25, -0.2) is 4.79 Å². The molecule has 0 saturated heterocycles. The van der Waals surface area contributed by atoms with E-state index in [0.29, 0.717) is 50.7 Å². The zero-order valence-corrected chi connectivity index (χ0v) is 20.0. The SMILES string of the molecule is COc1ccc(/C=C2\Oc3cc(OC(=O)c4cc5cccc(OC)c5o4)cc(C)c3C2=O)cc1OC. The van der Waals surface area contributed by atoms with Crippen LogP contribution in [0.15, 0.2) is 64.8 Å². The van der Waals surface area contributed by atoms with Crippen LogP contribution >= 0.6 is 0 Å². The Morgan fingerprint density at radius 1 is 0.889 bits per heavy atom. The second-order valence-corrected chi connectivity index (χ2v) is 8.05. The Labute approximate surface area is 206 Å². The highest BCUT2D eigenvalue weighted by molar-refractivity contribution is 6.15.